The molecule has 1 heterocycles. The highest BCUT2D eigenvalue weighted by Gasteiger charge is 2.41. The summed E-state index contributed by atoms with van der Waals surface area (Å²) in [6.07, 6.45) is 8.07. The van der Waals surface area contributed by atoms with Crippen molar-refractivity contribution in [2.75, 3.05) is 0 Å². The Labute approximate surface area is 107 Å². The first kappa shape index (κ1) is 11.7. The number of aromatic nitrogens is 1. The van der Waals surface area contributed by atoms with Gasteiger partial charge in [-0.25, -0.2) is 4.98 Å². The monoisotopic (exact) mass is 251 g/mol. The van der Waals surface area contributed by atoms with Crippen molar-refractivity contribution in [3.8, 4) is 0 Å². The Balaban J connectivity index is 1.67. The molecule has 2 unspecified atom stereocenters. The molecule has 0 aromatic carbocycles. The van der Waals surface area contributed by atoms with E-state index in [1.807, 2.05) is 6.92 Å². The summed E-state index contributed by atoms with van der Waals surface area (Å²) in [4.78, 5) is 4.49. The first-order valence-electron chi connectivity index (χ1n) is 6.78. The minimum atomic E-state index is -0.466. The quantitative estimate of drug-likeness (QED) is 0.894. The van der Waals surface area contributed by atoms with E-state index >= 15 is 0 Å². The van der Waals surface area contributed by atoms with E-state index in [1.54, 1.807) is 11.3 Å². The van der Waals surface area contributed by atoms with Gasteiger partial charge in [0.15, 0.2) is 0 Å². The number of thiazole rings is 1. The smallest absolute Gasteiger partial charge is 0.0897 e. The zero-order valence-electron chi connectivity index (χ0n) is 10.5. The van der Waals surface area contributed by atoms with Crippen LogP contribution in [0.1, 0.15) is 49.2 Å². The number of rotatable bonds is 3. The van der Waals surface area contributed by atoms with E-state index in [-0.39, 0.29) is 0 Å². The zero-order chi connectivity index (χ0) is 11.9. The Morgan fingerprint density at radius 1 is 1.41 bits per heavy atom. The molecule has 2 aliphatic carbocycles. The molecule has 0 bridgehead atoms. The molecule has 2 atom stereocenters. The van der Waals surface area contributed by atoms with Crippen LogP contribution < -0.4 is 0 Å². The average molecular weight is 251 g/mol. The lowest BCUT2D eigenvalue weighted by Crippen LogP contribution is -2.38. The lowest BCUT2D eigenvalue weighted by Gasteiger charge is -2.36. The van der Waals surface area contributed by atoms with Crippen molar-refractivity contribution in [2.24, 2.45) is 11.8 Å². The fraction of sp³-hybridized carbons (Fsp3) is 0.786. The number of aryl methyl sites for hydroxylation is 1. The van der Waals surface area contributed by atoms with Crippen LogP contribution in [0.5, 0.6) is 0 Å². The lowest BCUT2D eigenvalue weighted by atomic mass is 9.74. The third-order valence-corrected chi connectivity index (χ3v) is 5.15. The molecule has 0 saturated heterocycles. The van der Waals surface area contributed by atoms with Crippen molar-refractivity contribution in [1.29, 1.82) is 0 Å². The minimum absolute atomic E-state index is 0.466. The molecule has 2 saturated carbocycles. The molecule has 17 heavy (non-hydrogen) atoms. The maximum Gasteiger partial charge on any atom is 0.0897 e. The molecule has 0 spiro atoms. The van der Waals surface area contributed by atoms with Gasteiger partial charge in [0.05, 0.1) is 16.3 Å². The van der Waals surface area contributed by atoms with E-state index in [0.29, 0.717) is 0 Å². The van der Waals surface area contributed by atoms with Crippen LogP contribution in [0.2, 0.25) is 0 Å². The second-order valence-electron chi connectivity index (χ2n) is 5.95. The van der Waals surface area contributed by atoms with E-state index in [9.17, 15) is 5.11 Å². The van der Waals surface area contributed by atoms with Crippen molar-refractivity contribution in [2.45, 2.75) is 57.5 Å². The van der Waals surface area contributed by atoms with Crippen molar-refractivity contribution >= 4 is 11.3 Å². The summed E-state index contributed by atoms with van der Waals surface area (Å²) in [6, 6.07) is 0. The third-order valence-electron chi connectivity index (χ3n) is 4.32. The second kappa shape index (κ2) is 4.36. The Hall–Kier alpha value is -0.410. The highest BCUT2D eigenvalue weighted by Crippen LogP contribution is 2.47. The zero-order valence-corrected chi connectivity index (χ0v) is 11.3. The molecule has 0 radical (unpaired) electrons. The van der Waals surface area contributed by atoms with Gasteiger partial charge in [-0.05, 0) is 50.9 Å². The predicted molar refractivity (Wildman–Crippen MR) is 70.2 cm³/mol. The molecular weight excluding hydrogens is 230 g/mol. The third kappa shape index (κ3) is 2.71. The summed E-state index contributed by atoms with van der Waals surface area (Å²) >= 11 is 1.69. The predicted octanol–water partition coefficient (Wildman–Crippen LogP) is 3.33. The van der Waals surface area contributed by atoms with Gasteiger partial charge >= 0.3 is 0 Å². The van der Waals surface area contributed by atoms with Crippen molar-refractivity contribution < 1.29 is 5.11 Å². The van der Waals surface area contributed by atoms with E-state index in [1.165, 1.54) is 25.7 Å². The van der Waals surface area contributed by atoms with Gasteiger partial charge < -0.3 is 5.11 Å². The van der Waals surface area contributed by atoms with Gasteiger partial charge in [-0.3, -0.25) is 0 Å². The van der Waals surface area contributed by atoms with Crippen LogP contribution in [-0.2, 0) is 6.42 Å². The molecular formula is C14H21NOS. The van der Waals surface area contributed by atoms with E-state index in [4.69, 9.17) is 0 Å². The first-order valence-corrected chi connectivity index (χ1v) is 7.66. The van der Waals surface area contributed by atoms with Gasteiger partial charge in [-0.1, -0.05) is 6.42 Å². The fourth-order valence-corrected chi connectivity index (χ4v) is 3.96. The lowest BCUT2D eigenvalue weighted by molar-refractivity contribution is -0.0202. The highest BCUT2D eigenvalue weighted by molar-refractivity contribution is 7.09. The summed E-state index contributed by atoms with van der Waals surface area (Å²) in [5.41, 5.74) is 0.623. The van der Waals surface area contributed by atoms with E-state index in [2.05, 4.69) is 10.4 Å². The molecule has 94 valence electrons. The van der Waals surface area contributed by atoms with Crippen LogP contribution in [0, 0.1) is 18.8 Å². The number of hydrogen-bond acceptors (Lipinski definition) is 3. The number of aliphatic hydroxyl groups is 1. The Morgan fingerprint density at radius 2 is 2.24 bits per heavy atom. The molecule has 2 nitrogen and oxygen atoms in total. The van der Waals surface area contributed by atoms with Crippen molar-refractivity contribution in [1.82, 2.24) is 4.98 Å². The standard InChI is InChI=1S/C14H21NOS/c1-10-15-13(9-17-10)8-14(16)6-2-3-12(7-14)11-4-5-11/h9,11-12,16H,2-8H2,1H3. The van der Waals surface area contributed by atoms with E-state index in [0.717, 1.165) is 41.8 Å². The topological polar surface area (TPSA) is 33.1 Å². The van der Waals surface area contributed by atoms with Gasteiger partial charge in [0, 0.05) is 11.8 Å². The Kier molecular flexibility index (Phi) is 2.99. The molecule has 1 aromatic heterocycles. The molecule has 3 heteroatoms. The van der Waals surface area contributed by atoms with Gasteiger partial charge in [0.1, 0.15) is 0 Å². The largest absolute Gasteiger partial charge is 0.389 e. The van der Waals surface area contributed by atoms with Crippen LogP contribution in [0.15, 0.2) is 5.38 Å². The molecule has 2 fully saturated rings. The van der Waals surface area contributed by atoms with Gasteiger partial charge in [0.25, 0.3) is 0 Å². The molecule has 1 N–H and O–H groups in total. The number of nitrogens with zero attached hydrogens (tertiary/aromatic N) is 1. The molecule has 1 aromatic rings. The van der Waals surface area contributed by atoms with Crippen molar-refractivity contribution in [3.05, 3.63) is 16.1 Å². The highest BCUT2D eigenvalue weighted by atomic mass is 32.1. The van der Waals surface area contributed by atoms with Crippen LogP contribution in [-0.4, -0.2) is 15.7 Å². The second-order valence-corrected chi connectivity index (χ2v) is 7.02. The van der Waals surface area contributed by atoms with Crippen LogP contribution in [0.4, 0.5) is 0 Å². The Morgan fingerprint density at radius 3 is 2.88 bits per heavy atom. The molecule has 0 amide bonds. The van der Waals surface area contributed by atoms with Gasteiger partial charge in [-0.2, -0.15) is 0 Å². The summed E-state index contributed by atoms with van der Waals surface area (Å²) in [7, 11) is 0. The van der Waals surface area contributed by atoms with E-state index < -0.39 is 5.60 Å². The molecule has 2 aliphatic rings. The molecule has 0 aliphatic heterocycles. The normalized spacial score (nSPS) is 33.9. The van der Waals surface area contributed by atoms with Crippen LogP contribution in [0.25, 0.3) is 0 Å². The first-order chi connectivity index (χ1) is 8.15. The van der Waals surface area contributed by atoms with Gasteiger partial charge in [0.2, 0.25) is 0 Å². The summed E-state index contributed by atoms with van der Waals surface area (Å²) < 4.78 is 0. The summed E-state index contributed by atoms with van der Waals surface area (Å²) in [5.74, 6) is 1.72. The number of hydrogen-bond donors (Lipinski definition) is 1. The molecule has 3 rings (SSSR count). The van der Waals surface area contributed by atoms with Crippen molar-refractivity contribution in [3.63, 3.8) is 0 Å². The minimum Gasteiger partial charge on any atom is -0.389 e. The van der Waals surface area contributed by atoms with Gasteiger partial charge in [-0.15, -0.1) is 11.3 Å². The van der Waals surface area contributed by atoms with Crippen LogP contribution in [0.3, 0.4) is 0 Å². The SMILES string of the molecule is Cc1nc(CC2(O)CCCC(C3CC3)C2)cs1. The van der Waals surface area contributed by atoms with Crippen LogP contribution >= 0.6 is 11.3 Å². The maximum atomic E-state index is 10.7. The summed E-state index contributed by atoms with van der Waals surface area (Å²) in [5, 5.41) is 14.0. The fourth-order valence-electron chi connectivity index (χ4n) is 3.34. The Bertz CT molecular complexity index is 399. The average Bonchev–Trinajstić information content (AvgIpc) is 3.04. The summed E-state index contributed by atoms with van der Waals surface area (Å²) in [6.45, 7) is 2.03. The maximum absolute atomic E-state index is 10.7.